The molecular weight excluding hydrogens is 406 g/mol. The van der Waals surface area contributed by atoms with Crippen molar-refractivity contribution in [3.63, 3.8) is 0 Å². The number of anilines is 3. The molecule has 1 unspecified atom stereocenters. The summed E-state index contributed by atoms with van der Waals surface area (Å²) in [5.41, 5.74) is 1.21. The molecule has 0 spiro atoms. The van der Waals surface area contributed by atoms with Crippen LogP contribution in [0.2, 0.25) is 0 Å². The molecule has 2 rings (SSSR count). The number of ether oxygens (including phenoxy) is 1. The smallest absolute Gasteiger partial charge is 0.261 e. The zero-order valence-electron chi connectivity index (χ0n) is 15.4. The van der Waals surface area contributed by atoms with E-state index in [1.165, 1.54) is 38.3 Å². The van der Waals surface area contributed by atoms with Gasteiger partial charge < -0.3 is 20.5 Å². The number of benzene rings is 2. The average Bonchev–Trinajstić information content (AvgIpc) is 2.66. The SMILES string of the molecule is COc1ccc(NS(=O)(=O)c2ccc(NC(C)=O)cc2)c(NCC(O)CCl)c1. The molecule has 28 heavy (non-hydrogen) atoms. The highest BCUT2D eigenvalue weighted by Crippen LogP contribution is 2.29. The summed E-state index contributed by atoms with van der Waals surface area (Å²) in [6, 6.07) is 10.6. The standard InChI is InChI=1S/C18H22ClN3O5S/c1-12(23)21-13-3-6-16(7-4-13)28(25,26)22-17-8-5-15(27-2)9-18(17)20-11-14(24)10-19/h3-9,14,20,22,24H,10-11H2,1-2H3,(H,21,23). The number of carbonyl (C=O) groups is 1. The molecule has 0 aliphatic heterocycles. The van der Waals surface area contributed by atoms with E-state index in [0.29, 0.717) is 17.1 Å². The first-order valence-electron chi connectivity index (χ1n) is 8.31. The van der Waals surface area contributed by atoms with Gasteiger partial charge in [-0.2, -0.15) is 0 Å². The van der Waals surface area contributed by atoms with Gasteiger partial charge in [0.05, 0.1) is 35.4 Å². The van der Waals surface area contributed by atoms with Crippen molar-refractivity contribution in [1.29, 1.82) is 0 Å². The molecule has 0 bridgehead atoms. The van der Waals surface area contributed by atoms with Gasteiger partial charge in [-0.1, -0.05) is 0 Å². The Morgan fingerprint density at radius 2 is 1.86 bits per heavy atom. The van der Waals surface area contributed by atoms with Gasteiger partial charge in [0.2, 0.25) is 5.91 Å². The van der Waals surface area contributed by atoms with E-state index in [4.69, 9.17) is 16.3 Å². The first-order chi connectivity index (χ1) is 13.2. The third kappa shape index (κ3) is 6.01. The Balaban J connectivity index is 2.25. The lowest BCUT2D eigenvalue weighted by Gasteiger charge is -2.17. The summed E-state index contributed by atoms with van der Waals surface area (Å²) in [7, 11) is -2.38. The van der Waals surface area contributed by atoms with Crippen LogP contribution < -0.4 is 20.1 Å². The molecule has 0 saturated carbocycles. The minimum absolute atomic E-state index is 0.0316. The van der Waals surface area contributed by atoms with Gasteiger partial charge in [0.1, 0.15) is 5.75 Å². The lowest BCUT2D eigenvalue weighted by atomic mass is 10.2. The molecule has 0 aliphatic rings. The largest absolute Gasteiger partial charge is 0.497 e. The molecule has 0 fully saturated rings. The summed E-state index contributed by atoms with van der Waals surface area (Å²) in [5, 5.41) is 15.2. The number of aliphatic hydroxyl groups is 1. The normalized spacial score (nSPS) is 12.1. The molecule has 0 radical (unpaired) electrons. The highest BCUT2D eigenvalue weighted by atomic mass is 35.5. The van der Waals surface area contributed by atoms with Crippen molar-refractivity contribution >= 4 is 44.6 Å². The van der Waals surface area contributed by atoms with Crippen LogP contribution in [0.25, 0.3) is 0 Å². The van der Waals surface area contributed by atoms with Crippen molar-refractivity contribution in [2.24, 2.45) is 0 Å². The molecule has 2 aromatic carbocycles. The van der Waals surface area contributed by atoms with Crippen molar-refractivity contribution in [3.05, 3.63) is 42.5 Å². The van der Waals surface area contributed by atoms with Crippen LogP contribution in [0.5, 0.6) is 5.75 Å². The zero-order valence-corrected chi connectivity index (χ0v) is 17.0. The van der Waals surface area contributed by atoms with Gasteiger partial charge in [-0.15, -0.1) is 11.6 Å². The Morgan fingerprint density at radius 3 is 2.43 bits per heavy atom. The highest BCUT2D eigenvalue weighted by molar-refractivity contribution is 7.92. The fourth-order valence-corrected chi connectivity index (χ4v) is 3.48. The Kier molecular flexibility index (Phi) is 7.50. The van der Waals surface area contributed by atoms with Crippen molar-refractivity contribution in [2.75, 3.05) is 34.9 Å². The van der Waals surface area contributed by atoms with E-state index in [-0.39, 0.29) is 28.9 Å². The molecule has 0 heterocycles. The quantitative estimate of drug-likeness (QED) is 0.457. The molecule has 152 valence electrons. The molecular formula is C18H22ClN3O5S. The van der Waals surface area contributed by atoms with Crippen LogP contribution in [0, 0.1) is 0 Å². The predicted octanol–water partition coefficient (Wildman–Crippen LogP) is 2.47. The van der Waals surface area contributed by atoms with Gasteiger partial charge >= 0.3 is 0 Å². The number of rotatable bonds is 9. The van der Waals surface area contributed by atoms with Crippen LogP contribution in [0.15, 0.2) is 47.4 Å². The Bertz CT molecular complexity index is 919. The minimum atomic E-state index is -3.88. The molecule has 0 aliphatic carbocycles. The van der Waals surface area contributed by atoms with E-state index in [0.717, 1.165) is 0 Å². The Labute approximate surface area is 168 Å². The zero-order chi connectivity index (χ0) is 20.7. The first kappa shape index (κ1) is 21.8. The van der Waals surface area contributed by atoms with Crippen LogP contribution in [0.4, 0.5) is 17.1 Å². The molecule has 2 aromatic rings. The van der Waals surface area contributed by atoms with Crippen LogP contribution >= 0.6 is 11.6 Å². The summed E-state index contributed by atoms with van der Waals surface area (Å²) >= 11 is 5.59. The fraction of sp³-hybridized carbons (Fsp3) is 0.278. The third-order valence-corrected chi connectivity index (χ3v) is 5.40. The van der Waals surface area contributed by atoms with E-state index < -0.39 is 16.1 Å². The highest BCUT2D eigenvalue weighted by Gasteiger charge is 2.17. The molecule has 0 saturated heterocycles. The second kappa shape index (κ2) is 9.63. The van der Waals surface area contributed by atoms with Gasteiger partial charge in [0.15, 0.2) is 0 Å². The van der Waals surface area contributed by atoms with Crippen LogP contribution in [-0.4, -0.2) is 45.1 Å². The fourth-order valence-electron chi connectivity index (χ4n) is 2.29. The van der Waals surface area contributed by atoms with Crippen LogP contribution in [0.1, 0.15) is 6.92 Å². The van der Waals surface area contributed by atoms with E-state index >= 15 is 0 Å². The summed E-state index contributed by atoms with van der Waals surface area (Å²) in [5.74, 6) is 0.311. The van der Waals surface area contributed by atoms with Crippen molar-refractivity contribution in [3.8, 4) is 5.75 Å². The number of aliphatic hydroxyl groups excluding tert-OH is 1. The molecule has 1 atom stereocenters. The lowest BCUT2D eigenvalue weighted by Crippen LogP contribution is -2.22. The average molecular weight is 428 g/mol. The predicted molar refractivity (Wildman–Crippen MR) is 110 cm³/mol. The minimum Gasteiger partial charge on any atom is -0.497 e. The maximum atomic E-state index is 12.7. The van der Waals surface area contributed by atoms with Gasteiger partial charge in [-0.25, -0.2) is 8.42 Å². The van der Waals surface area contributed by atoms with Gasteiger partial charge in [-0.3, -0.25) is 9.52 Å². The maximum Gasteiger partial charge on any atom is 0.261 e. The van der Waals surface area contributed by atoms with Crippen molar-refractivity contribution in [1.82, 2.24) is 0 Å². The number of hydrogen-bond donors (Lipinski definition) is 4. The van der Waals surface area contributed by atoms with E-state index in [9.17, 15) is 18.3 Å². The van der Waals surface area contributed by atoms with E-state index in [1.54, 1.807) is 18.2 Å². The first-order valence-corrected chi connectivity index (χ1v) is 10.3. The van der Waals surface area contributed by atoms with Gasteiger partial charge in [-0.05, 0) is 36.4 Å². The molecule has 1 amide bonds. The molecule has 4 N–H and O–H groups in total. The summed E-state index contributed by atoms with van der Waals surface area (Å²) in [6.07, 6.45) is -0.793. The number of alkyl halides is 1. The molecule has 8 nitrogen and oxygen atoms in total. The second-order valence-corrected chi connectivity index (χ2v) is 7.90. The number of hydrogen-bond acceptors (Lipinski definition) is 6. The van der Waals surface area contributed by atoms with Gasteiger partial charge in [0, 0.05) is 25.2 Å². The number of halogens is 1. The summed E-state index contributed by atoms with van der Waals surface area (Å²) in [4.78, 5) is 11.1. The topological polar surface area (TPSA) is 117 Å². The van der Waals surface area contributed by atoms with Crippen LogP contribution in [0.3, 0.4) is 0 Å². The number of carbonyl (C=O) groups excluding carboxylic acids is 1. The summed E-state index contributed by atoms with van der Waals surface area (Å²) in [6.45, 7) is 1.50. The van der Waals surface area contributed by atoms with E-state index in [2.05, 4.69) is 15.4 Å². The maximum absolute atomic E-state index is 12.7. The number of nitrogens with one attached hydrogen (secondary N) is 3. The third-order valence-electron chi connectivity index (χ3n) is 3.66. The number of methoxy groups -OCH3 is 1. The van der Waals surface area contributed by atoms with Crippen molar-refractivity contribution < 1.29 is 23.1 Å². The monoisotopic (exact) mass is 427 g/mol. The number of amides is 1. The van der Waals surface area contributed by atoms with Crippen LogP contribution in [-0.2, 0) is 14.8 Å². The van der Waals surface area contributed by atoms with Crippen molar-refractivity contribution in [2.45, 2.75) is 17.9 Å². The van der Waals surface area contributed by atoms with Gasteiger partial charge in [0.25, 0.3) is 10.0 Å². The molecule has 0 aromatic heterocycles. The Morgan fingerprint density at radius 1 is 1.18 bits per heavy atom. The Hall–Kier alpha value is -2.49. The summed E-state index contributed by atoms with van der Waals surface area (Å²) < 4.78 is 33.1. The lowest BCUT2D eigenvalue weighted by molar-refractivity contribution is -0.114. The molecule has 10 heteroatoms. The van der Waals surface area contributed by atoms with E-state index in [1.807, 2.05) is 0 Å². The second-order valence-electron chi connectivity index (χ2n) is 5.91. The number of sulfonamides is 1.